The number of aromatic nitrogens is 3. The van der Waals surface area contributed by atoms with Gasteiger partial charge in [0.1, 0.15) is 22.3 Å². The van der Waals surface area contributed by atoms with Crippen LogP contribution in [0.4, 0.5) is 0 Å². The molecule has 0 fully saturated rings. The molecule has 0 aliphatic heterocycles. The van der Waals surface area contributed by atoms with Crippen LogP contribution in [0.25, 0.3) is 89.2 Å². The molecule has 0 unspecified atom stereocenters. The van der Waals surface area contributed by atoms with Gasteiger partial charge in [-0.2, -0.15) is 0 Å². The predicted molar refractivity (Wildman–Crippen MR) is 260 cm³/mol. The van der Waals surface area contributed by atoms with Crippen molar-refractivity contribution < 1.29 is 8.83 Å². The quantitative estimate of drug-likeness (QED) is 0.113. The maximum Gasteiger partial charge on any atom is 0.179 e. The Labute approximate surface area is 364 Å². The Balaban J connectivity index is 1.03. The van der Waals surface area contributed by atoms with E-state index in [9.17, 15) is 0 Å². The molecule has 6 heteroatoms. The minimum atomic E-state index is -2.81. The van der Waals surface area contributed by atoms with Crippen LogP contribution in [0.15, 0.2) is 233 Å². The van der Waals surface area contributed by atoms with E-state index in [4.69, 9.17) is 23.8 Å². The first kappa shape index (κ1) is 36.6. The molecule has 0 spiro atoms. The molecular formula is C57H37N3O2Si. The molecule has 3 heterocycles. The summed E-state index contributed by atoms with van der Waals surface area (Å²) in [6, 6.07) is 78.9. The third kappa shape index (κ3) is 6.10. The Morgan fingerprint density at radius 3 is 1.29 bits per heavy atom. The Kier molecular flexibility index (Phi) is 8.76. The molecule has 12 rings (SSSR count). The monoisotopic (exact) mass is 823 g/mol. The minimum Gasteiger partial charge on any atom is -0.456 e. The molecule has 0 saturated carbocycles. The van der Waals surface area contributed by atoms with Crippen LogP contribution in [-0.2, 0) is 0 Å². The van der Waals surface area contributed by atoms with Crippen molar-refractivity contribution in [2.75, 3.05) is 0 Å². The zero-order valence-corrected chi connectivity index (χ0v) is 35.0. The number of furan rings is 2. The number of nitrogens with zero attached hydrogens (tertiary/aromatic N) is 3. The van der Waals surface area contributed by atoms with Crippen molar-refractivity contribution in [1.29, 1.82) is 0 Å². The number of benzene rings is 9. The molecule has 3 aromatic heterocycles. The van der Waals surface area contributed by atoms with Gasteiger partial charge in [-0.15, -0.1) is 0 Å². The van der Waals surface area contributed by atoms with Gasteiger partial charge in [-0.3, -0.25) is 0 Å². The summed E-state index contributed by atoms with van der Waals surface area (Å²) in [5, 5.41) is 9.41. The molecule has 0 saturated heterocycles. The Morgan fingerprint density at radius 1 is 0.286 bits per heavy atom. The van der Waals surface area contributed by atoms with E-state index in [0.717, 1.165) is 71.7 Å². The molecule has 5 nitrogen and oxygen atoms in total. The lowest BCUT2D eigenvalue weighted by atomic mass is 9.95. The molecule has 12 aromatic rings. The average molecular weight is 824 g/mol. The summed E-state index contributed by atoms with van der Waals surface area (Å²) in [7, 11) is -2.81. The lowest BCUT2D eigenvalue weighted by Crippen LogP contribution is -2.74. The Hall–Kier alpha value is -8.19. The highest BCUT2D eigenvalue weighted by Crippen LogP contribution is 2.43. The van der Waals surface area contributed by atoms with E-state index >= 15 is 0 Å². The van der Waals surface area contributed by atoms with Gasteiger partial charge in [-0.1, -0.05) is 194 Å². The average Bonchev–Trinajstić information content (AvgIpc) is 3.94. The summed E-state index contributed by atoms with van der Waals surface area (Å²) < 4.78 is 13.0. The summed E-state index contributed by atoms with van der Waals surface area (Å²) >= 11 is 0. The molecule has 0 N–H and O–H groups in total. The van der Waals surface area contributed by atoms with E-state index in [1.54, 1.807) is 0 Å². The van der Waals surface area contributed by atoms with E-state index in [2.05, 4.69) is 170 Å². The van der Waals surface area contributed by atoms with Crippen molar-refractivity contribution in [3.05, 3.63) is 224 Å². The molecule has 296 valence electrons. The van der Waals surface area contributed by atoms with Crippen LogP contribution in [0.2, 0.25) is 0 Å². The molecule has 63 heavy (non-hydrogen) atoms. The number of para-hydroxylation sites is 1. The van der Waals surface area contributed by atoms with Crippen LogP contribution in [0.1, 0.15) is 0 Å². The number of hydrogen-bond acceptors (Lipinski definition) is 5. The van der Waals surface area contributed by atoms with E-state index in [1.165, 1.54) is 20.7 Å². The maximum absolute atomic E-state index is 6.68. The fourth-order valence-electron chi connectivity index (χ4n) is 9.49. The van der Waals surface area contributed by atoms with E-state index in [1.807, 2.05) is 54.6 Å². The molecule has 0 atom stereocenters. The predicted octanol–water partition coefficient (Wildman–Crippen LogP) is 11.7. The fourth-order valence-corrected chi connectivity index (χ4v) is 14.3. The first-order chi connectivity index (χ1) is 31.2. The van der Waals surface area contributed by atoms with Crippen LogP contribution in [-0.4, -0.2) is 23.0 Å². The van der Waals surface area contributed by atoms with Gasteiger partial charge in [0, 0.05) is 38.2 Å². The second-order valence-electron chi connectivity index (χ2n) is 15.9. The highest BCUT2D eigenvalue weighted by Gasteiger charge is 2.41. The first-order valence-electron chi connectivity index (χ1n) is 21.2. The number of hydrogen-bond donors (Lipinski definition) is 0. The molecule has 0 radical (unpaired) electrons. The van der Waals surface area contributed by atoms with Gasteiger partial charge in [0.15, 0.2) is 25.5 Å². The summed E-state index contributed by atoms with van der Waals surface area (Å²) in [5.41, 5.74) is 8.16. The van der Waals surface area contributed by atoms with Gasteiger partial charge in [0.25, 0.3) is 0 Å². The third-order valence-electron chi connectivity index (χ3n) is 12.3. The highest BCUT2D eigenvalue weighted by molar-refractivity contribution is 7.19. The van der Waals surface area contributed by atoms with E-state index in [0.29, 0.717) is 17.5 Å². The summed E-state index contributed by atoms with van der Waals surface area (Å²) in [6.45, 7) is 0. The lowest BCUT2D eigenvalue weighted by molar-refractivity contribution is 0.668. The van der Waals surface area contributed by atoms with E-state index in [-0.39, 0.29) is 0 Å². The Bertz CT molecular complexity index is 3530. The van der Waals surface area contributed by atoms with Crippen LogP contribution < -0.4 is 20.7 Å². The second-order valence-corrected chi connectivity index (χ2v) is 19.7. The van der Waals surface area contributed by atoms with Gasteiger partial charge in [-0.05, 0) is 62.2 Å². The van der Waals surface area contributed by atoms with Gasteiger partial charge in [0.2, 0.25) is 0 Å². The van der Waals surface area contributed by atoms with E-state index < -0.39 is 8.07 Å². The number of fused-ring (bicyclic) bond motifs is 6. The van der Waals surface area contributed by atoms with Crippen molar-refractivity contribution in [1.82, 2.24) is 15.0 Å². The summed E-state index contributed by atoms with van der Waals surface area (Å²) in [5.74, 6) is 1.77. The van der Waals surface area contributed by atoms with Gasteiger partial charge < -0.3 is 8.83 Å². The van der Waals surface area contributed by atoms with Crippen LogP contribution in [0.5, 0.6) is 0 Å². The number of rotatable bonds is 8. The van der Waals surface area contributed by atoms with Crippen LogP contribution in [0, 0.1) is 0 Å². The third-order valence-corrected chi connectivity index (χ3v) is 17.1. The molecule has 9 aromatic carbocycles. The highest BCUT2D eigenvalue weighted by atomic mass is 28.3. The topological polar surface area (TPSA) is 65.0 Å². The normalized spacial score (nSPS) is 11.8. The van der Waals surface area contributed by atoms with Gasteiger partial charge >= 0.3 is 0 Å². The summed E-state index contributed by atoms with van der Waals surface area (Å²) in [6.07, 6.45) is 0. The zero-order chi connectivity index (χ0) is 41.7. The minimum absolute atomic E-state index is 0.569. The summed E-state index contributed by atoms with van der Waals surface area (Å²) in [4.78, 5) is 15.6. The van der Waals surface area contributed by atoms with Crippen molar-refractivity contribution in [3.63, 3.8) is 0 Å². The molecule has 0 bridgehead atoms. The molecular weight excluding hydrogens is 787 g/mol. The maximum atomic E-state index is 6.68. The molecule has 0 aliphatic carbocycles. The Morgan fingerprint density at radius 2 is 0.698 bits per heavy atom. The fraction of sp³-hybridized carbons (Fsp3) is 0. The van der Waals surface area contributed by atoms with Crippen molar-refractivity contribution in [2.45, 2.75) is 0 Å². The van der Waals surface area contributed by atoms with Gasteiger partial charge in [0.05, 0.1) is 0 Å². The largest absolute Gasteiger partial charge is 0.456 e. The molecule has 0 amide bonds. The second kappa shape index (κ2) is 15.1. The standard InChI is InChI=1S/C57H37N3O2Si/c1-5-18-38(19-6-1)55-58-56(39-20-15-27-44(36-39)63(41-21-7-2-8-22-41,42-23-9-3-10-24-42)43-25-11-4-12-26-43)60-57(59-55)40-34-35-48-52(37-40)62-51-33-17-30-46(54(48)51)45-29-16-32-50-53(45)47-28-13-14-31-49(47)61-50/h1-37H. The zero-order valence-electron chi connectivity index (χ0n) is 34.0. The van der Waals surface area contributed by atoms with Crippen LogP contribution >= 0.6 is 0 Å². The lowest BCUT2D eigenvalue weighted by Gasteiger charge is -2.34. The van der Waals surface area contributed by atoms with Crippen LogP contribution in [0.3, 0.4) is 0 Å². The van der Waals surface area contributed by atoms with Crippen molar-refractivity contribution in [3.8, 4) is 45.3 Å². The van der Waals surface area contributed by atoms with Gasteiger partial charge in [-0.25, -0.2) is 15.0 Å². The van der Waals surface area contributed by atoms with Crippen molar-refractivity contribution >= 4 is 72.7 Å². The first-order valence-corrected chi connectivity index (χ1v) is 23.2. The van der Waals surface area contributed by atoms with Crippen molar-refractivity contribution in [2.24, 2.45) is 0 Å². The smallest absolute Gasteiger partial charge is 0.179 e. The molecule has 0 aliphatic rings. The SMILES string of the molecule is c1ccc(-c2nc(-c3cccc([Si](c4ccccc4)(c4ccccc4)c4ccccc4)c3)nc(-c3ccc4c(c3)oc3cccc(-c5cccc6oc7ccccc7c56)c34)n2)cc1.